The normalized spacial score (nSPS) is 22.9. The second-order valence-electron chi connectivity index (χ2n) is 10.1. The highest BCUT2D eigenvalue weighted by Crippen LogP contribution is 2.37. The molecule has 202 valence electrons. The first-order chi connectivity index (χ1) is 17.3. The summed E-state index contributed by atoms with van der Waals surface area (Å²) in [6.45, 7) is 5.64. The van der Waals surface area contributed by atoms with Crippen LogP contribution in [0, 0.1) is 5.92 Å². The van der Waals surface area contributed by atoms with Crippen molar-refractivity contribution in [2.75, 3.05) is 52.5 Å². The molecule has 0 bridgehead atoms. The number of piperidine rings is 2. The van der Waals surface area contributed by atoms with Crippen molar-refractivity contribution in [2.45, 2.75) is 62.3 Å². The molecule has 3 aliphatic rings. The molecule has 0 saturated carbocycles. The number of ether oxygens (including phenoxy) is 1. The molecule has 0 aliphatic carbocycles. The van der Waals surface area contributed by atoms with Crippen LogP contribution in [-0.2, 0) is 19.6 Å². The Labute approximate surface area is 230 Å². The average molecular weight is 581 g/mol. The van der Waals surface area contributed by atoms with Gasteiger partial charge in [0.1, 0.15) is 11.5 Å². The number of hydrogen-bond acceptors (Lipinski definition) is 5. The lowest BCUT2D eigenvalue weighted by molar-refractivity contribution is -0.137. The van der Waals surface area contributed by atoms with E-state index in [1.54, 1.807) is 0 Å². The number of hydrogen-bond donors (Lipinski definition) is 0. The van der Waals surface area contributed by atoms with E-state index < -0.39 is 10.0 Å². The number of halogens is 3. The topological polar surface area (TPSA) is 70.2 Å². The van der Waals surface area contributed by atoms with Crippen LogP contribution < -0.4 is 0 Å². The molecule has 0 radical (unpaired) electrons. The first-order valence-electron chi connectivity index (χ1n) is 13.0. The number of nitrogens with zero attached hydrogens (tertiary/aromatic N) is 3. The fraction of sp³-hybridized carbons (Fsp3) is 0.720. The van der Waals surface area contributed by atoms with Gasteiger partial charge in [-0.3, -0.25) is 4.79 Å². The fourth-order valence-electron chi connectivity index (χ4n) is 5.58. The van der Waals surface area contributed by atoms with Crippen LogP contribution in [-0.4, -0.2) is 87.0 Å². The fourth-order valence-corrected chi connectivity index (χ4v) is 8.75. The van der Waals surface area contributed by atoms with E-state index >= 15 is 0 Å². The van der Waals surface area contributed by atoms with E-state index in [1.165, 1.54) is 61.8 Å². The van der Waals surface area contributed by atoms with Crippen LogP contribution >= 0.6 is 34.8 Å². The standard InChI is InChI=1S/C25H36Cl3N3O4S/c26-20-15-22(27)25(23(28)16-20)36(33,34)31-11-4-5-21(31)17-35-18-24(32)30-13-7-19(8-14-30)6-12-29-9-2-1-3-10-29/h15-16,19,21H,1-14,17-18H2. The summed E-state index contributed by atoms with van der Waals surface area (Å²) in [5.74, 6) is 0.654. The molecule has 3 aliphatic heterocycles. The Kier molecular flexibility index (Phi) is 10.2. The van der Waals surface area contributed by atoms with Gasteiger partial charge in [0, 0.05) is 30.7 Å². The van der Waals surface area contributed by atoms with Gasteiger partial charge in [0.2, 0.25) is 15.9 Å². The lowest BCUT2D eigenvalue weighted by Gasteiger charge is -2.34. The Morgan fingerprint density at radius 3 is 2.25 bits per heavy atom. The number of carbonyl (C=O) groups excluding carboxylic acids is 1. The molecule has 0 N–H and O–H groups in total. The molecule has 1 unspecified atom stereocenters. The molecule has 36 heavy (non-hydrogen) atoms. The molecular weight excluding hydrogens is 545 g/mol. The highest BCUT2D eigenvalue weighted by molar-refractivity contribution is 7.89. The third kappa shape index (κ3) is 7.07. The molecule has 0 spiro atoms. The molecule has 3 fully saturated rings. The van der Waals surface area contributed by atoms with Gasteiger partial charge in [0.25, 0.3) is 0 Å². The zero-order valence-electron chi connectivity index (χ0n) is 20.6. The van der Waals surface area contributed by atoms with Crippen LogP contribution in [0.4, 0.5) is 0 Å². The van der Waals surface area contributed by atoms with Crippen molar-refractivity contribution in [1.82, 2.24) is 14.1 Å². The second kappa shape index (κ2) is 13.0. The summed E-state index contributed by atoms with van der Waals surface area (Å²) in [7, 11) is -3.93. The minimum absolute atomic E-state index is 0.00595. The predicted molar refractivity (Wildman–Crippen MR) is 143 cm³/mol. The van der Waals surface area contributed by atoms with Crippen molar-refractivity contribution in [3.05, 3.63) is 27.2 Å². The molecule has 1 aromatic carbocycles. The van der Waals surface area contributed by atoms with Gasteiger partial charge in [0.15, 0.2) is 0 Å². The van der Waals surface area contributed by atoms with E-state index in [0.717, 1.165) is 25.9 Å². The maximum atomic E-state index is 13.3. The Hall–Kier alpha value is -0.610. The van der Waals surface area contributed by atoms with Gasteiger partial charge >= 0.3 is 0 Å². The van der Waals surface area contributed by atoms with E-state index in [9.17, 15) is 13.2 Å². The average Bonchev–Trinajstić information content (AvgIpc) is 3.32. The molecule has 11 heteroatoms. The maximum Gasteiger partial charge on any atom is 0.248 e. The van der Waals surface area contributed by atoms with Crippen molar-refractivity contribution in [1.29, 1.82) is 0 Å². The van der Waals surface area contributed by atoms with E-state index in [1.807, 2.05) is 4.90 Å². The number of rotatable bonds is 9. The number of amides is 1. The molecule has 3 saturated heterocycles. The summed E-state index contributed by atoms with van der Waals surface area (Å²) in [5, 5.41) is 0.261. The monoisotopic (exact) mass is 579 g/mol. The van der Waals surface area contributed by atoms with Gasteiger partial charge in [-0.15, -0.1) is 0 Å². The van der Waals surface area contributed by atoms with Crippen LogP contribution in [0.2, 0.25) is 15.1 Å². The lowest BCUT2D eigenvalue weighted by Crippen LogP contribution is -2.42. The van der Waals surface area contributed by atoms with Gasteiger partial charge in [-0.05, 0) is 82.6 Å². The molecule has 0 aromatic heterocycles. The Morgan fingerprint density at radius 1 is 0.917 bits per heavy atom. The molecule has 7 nitrogen and oxygen atoms in total. The molecule has 4 rings (SSSR count). The van der Waals surface area contributed by atoms with Crippen LogP contribution in [0.5, 0.6) is 0 Å². The van der Waals surface area contributed by atoms with Gasteiger partial charge in [-0.1, -0.05) is 41.2 Å². The van der Waals surface area contributed by atoms with Gasteiger partial charge < -0.3 is 14.5 Å². The van der Waals surface area contributed by atoms with Crippen molar-refractivity contribution < 1.29 is 17.9 Å². The van der Waals surface area contributed by atoms with Crippen molar-refractivity contribution in [3.8, 4) is 0 Å². The summed E-state index contributed by atoms with van der Waals surface area (Å²) < 4.78 is 33.7. The Morgan fingerprint density at radius 2 is 1.58 bits per heavy atom. The zero-order valence-corrected chi connectivity index (χ0v) is 23.7. The number of likely N-dealkylation sites (tertiary alicyclic amines) is 2. The number of carbonyl (C=O) groups is 1. The first kappa shape index (κ1) is 28.4. The minimum Gasteiger partial charge on any atom is -0.370 e. The highest BCUT2D eigenvalue weighted by Gasteiger charge is 2.38. The largest absolute Gasteiger partial charge is 0.370 e. The highest BCUT2D eigenvalue weighted by atomic mass is 35.5. The van der Waals surface area contributed by atoms with E-state index in [4.69, 9.17) is 39.5 Å². The van der Waals surface area contributed by atoms with Crippen LogP contribution in [0.15, 0.2) is 17.0 Å². The van der Waals surface area contributed by atoms with E-state index in [0.29, 0.717) is 25.3 Å². The quantitative estimate of drug-likeness (QED) is 0.414. The summed E-state index contributed by atoms with van der Waals surface area (Å²) in [5.41, 5.74) is 0. The lowest BCUT2D eigenvalue weighted by atomic mass is 9.93. The molecule has 1 aromatic rings. The van der Waals surface area contributed by atoms with Gasteiger partial charge in [-0.2, -0.15) is 4.31 Å². The maximum absolute atomic E-state index is 13.3. The van der Waals surface area contributed by atoms with Crippen molar-refractivity contribution in [2.24, 2.45) is 5.92 Å². The number of sulfonamides is 1. The molecule has 1 atom stereocenters. The third-order valence-corrected chi connectivity index (χ3v) is 10.8. The molecule has 1 amide bonds. The molecule has 3 heterocycles. The second-order valence-corrected chi connectivity index (χ2v) is 13.2. The van der Waals surface area contributed by atoms with Crippen LogP contribution in [0.1, 0.15) is 51.4 Å². The smallest absolute Gasteiger partial charge is 0.248 e. The van der Waals surface area contributed by atoms with Crippen LogP contribution in [0.25, 0.3) is 0 Å². The van der Waals surface area contributed by atoms with Crippen LogP contribution in [0.3, 0.4) is 0 Å². The summed E-state index contributed by atoms with van der Waals surface area (Å²) in [6.07, 6.45) is 8.65. The minimum atomic E-state index is -3.93. The zero-order chi connectivity index (χ0) is 25.7. The summed E-state index contributed by atoms with van der Waals surface area (Å²) in [4.78, 5) is 17.0. The van der Waals surface area contributed by atoms with Gasteiger partial charge in [0.05, 0.1) is 16.7 Å². The summed E-state index contributed by atoms with van der Waals surface area (Å²) in [6, 6.07) is 2.38. The van der Waals surface area contributed by atoms with Crippen molar-refractivity contribution >= 4 is 50.7 Å². The van der Waals surface area contributed by atoms with E-state index in [2.05, 4.69) is 4.90 Å². The van der Waals surface area contributed by atoms with Gasteiger partial charge in [-0.25, -0.2) is 8.42 Å². The number of benzene rings is 1. The Bertz CT molecular complexity index is 989. The van der Waals surface area contributed by atoms with E-state index in [-0.39, 0.29) is 45.1 Å². The Balaban J connectivity index is 1.22. The van der Waals surface area contributed by atoms with Crippen molar-refractivity contribution in [3.63, 3.8) is 0 Å². The molecular formula is C25H36Cl3N3O4S. The first-order valence-corrected chi connectivity index (χ1v) is 15.6. The SMILES string of the molecule is O=C(COCC1CCCN1S(=O)(=O)c1c(Cl)cc(Cl)cc1Cl)N1CCC(CCN2CCCCC2)CC1. The summed E-state index contributed by atoms with van der Waals surface area (Å²) >= 11 is 18.3. The third-order valence-electron chi connectivity index (χ3n) is 7.66. The predicted octanol–water partition coefficient (Wildman–Crippen LogP) is 4.93.